The number of halogens is 1. The second-order valence-electron chi connectivity index (χ2n) is 6.82. The van der Waals surface area contributed by atoms with Crippen molar-refractivity contribution in [1.82, 2.24) is 0 Å². The van der Waals surface area contributed by atoms with Crippen LogP contribution in [-0.2, 0) is 19.4 Å². The van der Waals surface area contributed by atoms with E-state index in [1.165, 1.54) is 19.3 Å². The Hall–Kier alpha value is -1.27. The van der Waals surface area contributed by atoms with Gasteiger partial charge in [-0.3, -0.25) is 0 Å². The van der Waals surface area contributed by atoms with Gasteiger partial charge < -0.3 is 9.47 Å². The minimum absolute atomic E-state index is 0.0782. The van der Waals surface area contributed by atoms with Crippen LogP contribution < -0.4 is 4.74 Å². The first kappa shape index (κ1) is 18.5. The second kappa shape index (κ2) is 7.96. The van der Waals surface area contributed by atoms with Crippen LogP contribution in [0.4, 0.5) is 0 Å². The SMILES string of the molecule is O=C(COc1ccc(Cl)cc1C1CCCCC1)O[C@H]1CCS(=O)(=O)C1. The molecule has 7 heteroatoms. The molecule has 0 amide bonds. The van der Waals surface area contributed by atoms with Gasteiger partial charge in [0, 0.05) is 5.02 Å². The minimum Gasteiger partial charge on any atom is -0.482 e. The Bertz CT molecular complexity index is 725. The van der Waals surface area contributed by atoms with E-state index in [2.05, 4.69) is 0 Å². The number of benzene rings is 1. The first-order chi connectivity index (χ1) is 11.9. The fraction of sp³-hybridized carbons (Fsp3) is 0.611. The molecule has 138 valence electrons. The minimum atomic E-state index is -3.07. The van der Waals surface area contributed by atoms with Gasteiger partial charge in [-0.15, -0.1) is 0 Å². The van der Waals surface area contributed by atoms with Gasteiger partial charge in [0.2, 0.25) is 0 Å². The molecule has 0 aromatic heterocycles. The maximum atomic E-state index is 12.0. The Morgan fingerprint density at radius 3 is 2.60 bits per heavy atom. The quantitative estimate of drug-likeness (QED) is 0.724. The summed E-state index contributed by atoms with van der Waals surface area (Å²) in [6.07, 6.45) is 5.64. The molecule has 5 nitrogen and oxygen atoms in total. The molecule has 1 aromatic carbocycles. The second-order valence-corrected chi connectivity index (χ2v) is 9.49. The van der Waals surface area contributed by atoms with E-state index in [-0.39, 0.29) is 18.1 Å². The molecular weight excluding hydrogens is 364 g/mol. The number of sulfone groups is 1. The van der Waals surface area contributed by atoms with E-state index in [4.69, 9.17) is 21.1 Å². The standard InChI is InChI=1S/C18H23ClO5S/c19-14-6-7-17(16(10-14)13-4-2-1-3-5-13)23-11-18(20)24-15-8-9-25(21,22)12-15/h6-7,10,13,15H,1-5,8-9,11-12H2/t15-/m0/s1. The summed E-state index contributed by atoms with van der Waals surface area (Å²) in [6.45, 7) is -0.224. The Morgan fingerprint density at radius 1 is 1.16 bits per heavy atom. The molecule has 1 aliphatic carbocycles. The monoisotopic (exact) mass is 386 g/mol. The molecular formula is C18H23ClO5S. The summed E-state index contributed by atoms with van der Waals surface area (Å²) in [6, 6.07) is 5.46. The molecule has 1 aromatic rings. The highest BCUT2D eigenvalue weighted by Gasteiger charge is 2.30. The average Bonchev–Trinajstić information content (AvgIpc) is 2.93. The molecule has 3 rings (SSSR count). The summed E-state index contributed by atoms with van der Waals surface area (Å²) >= 11 is 6.13. The van der Waals surface area contributed by atoms with Gasteiger partial charge in [-0.05, 0) is 48.9 Å². The summed E-state index contributed by atoms with van der Waals surface area (Å²) in [7, 11) is -3.07. The number of carbonyl (C=O) groups excluding carboxylic acids is 1. The number of hydrogen-bond donors (Lipinski definition) is 0. The predicted molar refractivity (Wildman–Crippen MR) is 95.9 cm³/mol. The predicted octanol–water partition coefficient (Wildman–Crippen LogP) is 3.50. The Labute approximate surface area is 153 Å². The van der Waals surface area contributed by atoms with Crippen molar-refractivity contribution in [2.24, 2.45) is 0 Å². The van der Waals surface area contributed by atoms with Gasteiger partial charge in [-0.25, -0.2) is 13.2 Å². The normalized spacial score (nSPS) is 23.3. The summed E-state index contributed by atoms with van der Waals surface area (Å²) < 4.78 is 33.7. The van der Waals surface area contributed by atoms with Gasteiger partial charge in [0.15, 0.2) is 16.4 Å². The topological polar surface area (TPSA) is 69.7 Å². The molecule has 25 heavy (non-hydrogen) atoms. The third-order valence-corrected chi connectivity index (χ3v) is 6.82. The lowest BCUT2D eigenvalue weighted by atomic mass is 9.84. The van der Waals surface area contributed by atoms with Crippen LogP contribution in [0.15, 0.2) is 18.2 Å². The van der Waals surface area contributed by atoms with Gasteiger partial charge >= 0.3 is 5.97 Å². The van der Waals surface area contributed by atoms with Crippen LogP contribution in [-0.4, -0.2) is 38.6 Å². The molecule has 1 saturated carbocycles. The van der Waals surface area contributed by atoms with E-state index < -0.39 is 21.9 Å². The van der Waals surface area contributed by atoms with E-state index >= 15 is 0 Å². The van der Waals surface area contributed by atoms with Gasteiger partial charge in [0.1, 0.15) is 11.9 Å². The number of hydrogen-bond acceptors (Lipinski definition) is 5. The van der Waals surface area contributed by atoms with Crippen LogP contribution in [0.2, 0.25) is 5.02 Å². The van der Waals surface area contributed by atoms with Crippen LogP contribution in [0.1, 0.15) is 50.0 Å². The highest BCUT2D eigenvalue weighted by Crippen LogP contribution is 2.38. The largest absolute Gasteiger partial charge is 0.482 e. The van der Waals surface area contributed by atoms with Crippen molar-refractivity contribution in [2.45, 2.75) is 50.5 Å². The van der Waals surface area contributed by atoms with E-state index in [0.717, 1.165) is 18.4 Å². The van der Waals surface area contributed by atoms with Crippen LogP contribution in [0.5, 0.6) is 5.75 Å². The summed E-state index contributed by atoms with van der Waals surface area (Å²) in [4.78, 5) is 12.0. The fourth-order valence-electron chi connectivity index (χ4n) is 3.59. The summed E-state index contributed by atoms with van der Waals surface area (Å²) in [5, 5.41) is 0.659. The molecule has 1 heterocycles. The van der Waals surface area contributed by atoms with E-state index in [0.29, 0.717) is 23.1 Å². The van der Waals surface area contributed by atoms with Crippen LogP contribution in [0.25, 0.3) is 0 Å². The van der Waals surface area contributed by atoms with Crippen LogP contribution in [0, 0.1) is 0 Å². The van der Waals surface area contributed by atoms with Crippen molar-refractivity contribution in [3.63, 3.8) is 0 Å². The van der Waals surface area contributed by atoms with Gasteiger partial charge in [0.05, 0.1) is 11.5 Å². The number of ether oxygens (including phenoxy) is 2. The molecule has 1 aliphatic heterocycles. The van der Waals surface area contributed by atoms with Gasteiger partial charge in [-0.2, -0.15) is 0 Å². The zero-order valence-electron chi connectivity index (χ0n) is 14.1. The van der Waals surface area contributed by atoms with Crippen molar-refractivity contribution in [3.8, 4) is 5.75 Å². The Morgan fingerprint density at radius 2 is 1.92 bits per heavy atom. The summed E-state index contributed by atoms with van der Waals surface area (Å²) in [5.74, 6) is 0.513. The van der Waals surface area contributed by atoms with Crippen molar-refractivity contribution in [3.05, 3.63) is 28.8 Å². The molecule has 1 saturated heterocycles. The molecule has 0 unspecified atom stereocenters. The molecule has 1 atom stereocenters. The Balaban J connectivity index is 1.60. The van der Waals surface area contributed by atoms with Crippen LogP contribution >= 0.6 is 11.6 Å². The average molecular weight is 387 g/mol. The number of esters is 1. The van der Waals surface area contributed by atoms with Crippen molar-refractivity contribution in [2.75, 3.05) is 18.1 Å². The zero-order valence-corrected chi connectivity index (χ0v) is 15.7. The Kier molecular flexibility index (Phi) is 5.89. The molecule has 2 fully saturated rings. The van der Waals surface area contributed by atoms with Gasteiger partial charge in [-0.1, -0.05) is 30.9 Å². The highest BCUT2D eigenvalue weighted by atomic mass is 35.5. The molecule has 2 aliphatic rings. The maximum absolute atomic E-state index is 12.0. The lowest BCUT2D eigenvalue weighted by Crippen LogP contribution is -2.24. The number of carbonyl (C=O) groups is 1. The molecule has 0 radical (unpaired) electrons. The van der Waals surface area contributed by atoms with E-state index in [1.54, 1.807) is 12.1 Å². The van der Waals surface area contributed by atoms with Gasteiger partial charge in [0.25, 0.3) is 0 Å². The third kappa shape index (κ3) is 5.11. The summed E-state index contributed by atoms with van der Waals surface area (Å²) in [5.41, 5.74) is 1.04. The smallest absolute Gasteiger partial charge is 0.344 e. The van der Waals surface area contributed by atoms with E-state index in [9.17, 15) is 13.2 Å². The van der Waals surface area contributed by atoms with Crippen molar-refractivity contribution >= 4 is 27.4 Å². The van der Waals surface area contributed by atoms with Crippen molar-refractivity contribution < 1.29 is 22.7 Å². The molecule has 0 spiro atoms. The van der Waals surface area contributed by atoms with E-state index in [1.807, 2.05) is 6.07 Å². The lowest BCUT2D eigenvalue weighted by molar-refractivity contribution is -0.150. The third-order valence-electron chi connectivity index (χ3n) is 4.85. The number of rotatable bonds is 5. The lowest BCUT2D eigenvalue weighted by Gasteiger charge is -2.24. The first-order valence-electron chi connectivity index (χ1n) is 8.75. The molecule has 0 bridgehead atoms. The zero-order chi connectivity index (χ0) is 17.9. The van der Waals surface area contributed by atoms with Crippen molar-refractivity contribution in [1.29, 1.82) is 0 Å². The van der Waals surface area contributed by atoms with Crippen LogP contribution in [0.3, 0.4) is 0 Å². The maximum Gasteiger partial charge on any atom is 0.344 e. The first-order valence-corrected chi connectivity index (χ1v) is 10.9. The highest BCUT2D eigenvalue weighted by molar-refractivity contribution is 7.91. The molecule has 0 N–H and O–H groups in total. The fourth-order valence-corrected chi connectivity index (χ4v) is 5.36.